The molecule has 3 heterocycles. The largest absolute Gasteiger partial charge is 0.369 e. The zero-order valence-corrected chi connectivity index (χ0v) is 17.8. The molecule has 4 rings (SSSR count). The van der Waals surface area contributed by atoms with E-state index in [9.17, 15) is 0 Å². The number of nitrogens with zero attached hydrogens (tertiary/aromatic N) is 5. The first kappa shape index (κ1) is 20.2. The quantitative estimate of drug-likeness (QED) is 0.470. The normalized spacial score (nSPS) is 16.7. The molecule has 7 nitrogen and oxygen atoms in total. The Balaban J connectivity index is 1.39. The van der Waals surface area contributed by atoms with E-state index in [0.717, 1.165) is 54.1 Å². The third kappa shape index (κ3) is 5.10. The number of imidazole rings is 1. The van der Waals surface area contributed by atoms with Gasteiger partial charge in [0.15, 0.2) is 5.96 Å². The molecule has 2 N–H and O–H groups in total. The molecule has 1 aromatic carbocycles. The van der Waals surface area contributed by atoms with Crippen LogP contribution in [0.25, 0.3) is 5.82 Å². The van der Waals surface area contributed by atoms with Crippen LogP contribution in [-0.2, 0) is 6.54 Å². The lowest BCUT2D eigenvalue weighted by Gasteiger charge is -2.20. The Morgan fingerprint density at radius 3 is 3.00 bits per heavy atom. The van der Waals surface area contributed by atoms with Crippen LogP contribution in [0.4, 0.5) is 5.69 Å². The number of nitrogens with one attached hydrogen (secondary N) is 2. The molecule has 2 aromatic heterocycles. The van der Waals surface area contributed by atoms with Gasteiger partial charge in [0.05, 0.1) is 6.54 Å². The first-order valence-corrected chi connectivity index (χ1v) is 10.6. The lowest BCUT2D eigenvalue weighted by Crippen LogP contribution is -2.44. The minimum atomic E-state index is 0.334. The predicted molar refractivity (Wildman–Crippen MR) is 121 cm³/mol. The van der Waals surface area contributed by atoms with E-state index in [1.807, 2.05) is 41.1 Å². The molecule has 0 spiro atoms. The average molecular weight is 424 g/mol. The molecule has 1 unspecified atom stereocenters. The number of aliphatic imine (C=N–C) groups is 1. The number of aromatic nitrogens is 3. The molecule has 30 heavy (non-hydrogen) atoms. The summed E-state index contributed by atoms with van der Waals surface area (Å²) in [5.74, 6) is 1.67. The molecule has 1 aliphatic rings. The first-order chi connectivity index (χ1) is 14.7. The first-order valence-electron chi connectivity index (χ1n) is 10.2. The molecule has 8 heteroatoms. The molecule has 0 aliphatic carbocycles. The minimum Gasteiger partial charge on any atom is -0.369 e. The molecule has 0 radical (unpaired) electrons. The monoisotopic (exact) mass is 423 g/mol. The third-order valence-electron chi connectivity index (χ3n) is 5.05. The highest BCUT2D eigenvalue weighted by Crippen LogP contribution is 2.23. The maximum absolute atomic E-state index is 6.15. The minimum absolute atomic E-state index is 0.334. The van der Waals surface area contributed by atoms with Gasteiger partial charge in [0.1, 0.15) is 12.1 Å². The van der Waals surface area contributed by atoms with Crippen LogP contribution in [0.1, 0.15) is 18.9 Å². The van der Waals surface area contributed by atoms with Crippen LogP contribution in [0.15, 0.2) is 66.3 Å². The van der Waals surface area contributed by atoms with Gasteiger partial charge in [-0.2, -0.15) is 0 Å². The van der Waals surface area contributed by atoms with Gasteiger partial charge in [0.25, 0.3) is 0 Å². The molecule has 1 saturated heterocycles. The van der Waals surface area contributed by atoms with Gasteiger partial charge in [-0.3, -0.25) is 4.57 Å². The lowest BCUT2D eigenvalue weighted by atomic mass is 10.2. The summed E-state index contributed by atoms with van der Waals surface area (Å²) in [7, 11) is 0. The van der Waals surface area contributed by atoms with Crippen molar-refractivity contribution in [3.8, 4) is 5.82 Å². The number of hydrogen-bond acceptors (Lipinski definition) is 4. The molecule has 0 bridgehead atoms. The van der Waals surface area contributed by atoms with E-state index < -0.39 is 0 Å². The highest BCUT2D eigenvalue weighted by atomic mass is 35.5. The maximum Gasteiger partial charge on any atom is 0.191 e. The summed E-state index contributed by atoms with van der Waals surface area (Å²) in [4.78, 5) is 15.6. The fourth-order valence-electron chi connectivity index (χ4n) is 3.56. The van der Waals surface area contributed by atoms with Crippen molar-refractivity contribution >= 4 is 23.2 Å². The van der Waals surface area contributed by atoms with Gasteiger partial charge in [-0.05, 0) is 49.2 Å². The molecular formula is C22H26ClN7. The van der Waals surface area contributed by atoms with Crippen LogP contribution < -0.4 is 15.5 Å². The summed E-state index contributed by atoms with van der Waals surface area (Å²) in [5, 5.41) is 7.70. The Labute approximate surface area is 181 Å². The predicted octanol–water partition coefficient (Wildman–Crippen LogP) is 3.25. The Hall–Kier alpha value is -3.06. The number of hydrogen-bond donors (Lipinski definition) is 2. The van der Waals surface area contributed by atoms with Crippen molar-refractivity contribution in [3.63, 3.8) is 0 Å². The van der Waals surface area contributed by atoms with E-state index in [1.165, 1.54) is 0 Å². The zero-order chi connectivity index (χ0) is 20.8. The lowest BCUT2D eigenvalue weighted by molar-refractivity contribution is 0.649. The summed E-state index contributed by atoms with van der Waals surface area (Å²) in [6.45, 7) is 5.38. The number of guanidine groups is 1. The van der Waals surface area contributed by atoms with E-state index in [4.69, 9.17) is 16.6 Å². The van der Waals surface area contributed by atoms with Crippen molar-refractivity contribution in [2.24, 2.45) is 4.99 Å². The van der Waals surface area contributed by atoms with E-state index in [-0.39, 0.29) is 0 Å². The second-order valence-electron chi connectivity index (χ2n) is 7.24. The highest BCUT2D eigenvalue weighted by Gasteiger charge is 2.23. The van der Waals surface area contributed by atoms with E-state index in [0.29, 0.717) is 12.6 Å². The molecule has 0 amide bonds. The molecule has 156 valence electrons. The third-order valence-corrected chi connectivity index (χ3v) is 5.28. The van der Waals surface area contributed by atoms with Gasteiger partial charge in [-0.25, -0.2) is 15.0 Å². The highest BCUT2D eigenvalue weighted by molar-refractivity contribution is 6.30. The van der Waals surface area contributed by atoms with Crippen molar-refractivity contribution in [2.45, 2.75) is 25.9 Å². The van der Waals surface area contributed by atoms with Gasteiger partial charge in [-0.15, -0.1) is 0 Å². The van der Waals surface area contributed by atoms with Crippen molar-refractivity contribution in [1.82, 2.24) is 25.2 Å². The smallest absolute Gasteiger partial charge is 0.191 e. The van der Waals surface area contributed by atoms with Crippen LogP contribution in [0.3, 0.4) is 0 Å². The molecule has 3 aromatic rings. The molecule has 1 fully saturated rings. The number of rotatable bonds is 6. The van der Waals surface area contributed by atoms with E-state index in [1.54, 1.807) is 18.7 Å². The summed E-state index contributed by atoms with van der Waals surface area (Å²) >= 11 is 6.15. The topological polar surface area (TPSA) is 70.4 Å². The molecule has 0 saturated carbocycles. The van der Waals surface area contributed by atoms with Crippen molar-refractivity contribution in [3.05, 3.63) is 71.9 Å². The number of pyridine rings is 1. The maximum atomic E-state index is 6.15. The zero-order valence-electron chi connectivity index (χ0n) is 17.0. The van der Waals surface area contributed by atoms with Gasteiger partial charge in [0.2, 0.25) is 0 Å². The van der Waals surface area contributed by atoms with Gasteiger partial charge < -0.3 is 15.5 Å². The molecule has 1 aliphatic heterocycles. The standard InChI is InChI=1S/C22H26ClN7/c1-2-25-22(27-14-17-6-8-26-21(12-17)30-11-9-24-16-30)28-19-7-10-29(15-19)20-5-3-4-18(23)13-20/h3-6,8-9,11-13,16,19H,2,7,10,14-15H2,1H3,(H2,25,27,28). The summed E-state index contributed by atoms with van der Waals surface area (Å²) < 4.78 is 1.89. The van der Waals surface area contributed by atoms with Crippen LogP contribution in [0.5, 0.6) is 0 Å². The summed E-state index contributed by atoms with van der Waals surface area (Å²) in [6.07, 6.45) is 8.23. The van der Waals surface area contributed by atoms with Crippen molar-refractivity contribution in [1.29, 1.82) is 0 Å². The van der Waals surface area contributed by atoms with Crippen LogP contribution in [-0.4, -0.2) is 46.2 Å². The second kappa shape index (κ2) is 9.63. The average Bonchev–Trinajstić information content (AvgIpc) is 3.45. The number of benzene rings is 1. The van der Waals surface area contributed by atoms with E-state index in [2.05, 4.69) is 38.5 Å². The Kier molecular flexibility index (Phi) is 6.49. The summed E-state index contributed by atoms with van der Waals surface area (Å²) in [5.41, 5.74) is 2.26. The van der Waals surface area contributed by atoms with Gasteiger partial charge >= 0.3 is 0 Å². The Morgan fingerprint density at radius 2 is 2.20 bits per heavy atom. The molecular weight excluding hydrogens is 398 g/mol. The van der Waals surface area contributed by atoms with Gasteiger partial charge in [-0.1, -0.05) is 17.7 Å². The summed E-state index contributed by atoms with van der Waals surface area (Å²) in [6, 6.07) is 12.4. The van der Waals surface area contributed by atoms with Crippen LogP contribution in [0, 0.1) is 0 Å². The van der Waals surface area contributed by atoms with Crippen LogP contribution >= 0.6 is 11.6 Å². The number of halogens is 1. The molecule has 1 atom stereocenters. The van der Waals surface area contributed by atoms with Crippen molar-refractivity contribution < 1.29 is 0 Å². The second-order valence-corrected chi connectivity index (χ2v) is 7.68. The fourth-order valence-corrected chi connectivity index (χ4v) is 3.75. The Morgan fingerprint density at radius 1 is 1.27 bits per heavy atom. The Bertz CT molecular complexity index is 987. The van der Waals surface area contributed by atoms with Crippen LogP contribution in [0.2, 0.25) is 5.02 Å². The number of anilines is 1. The SMILES string of the molecule is CCNC(=NCc1ccnc(-n2ccnc2)c1)NC1CCN(c2cccc(Cl)c2)C1. The van der Waals surface area contributed by atoms with Crippen molar-refractivity contribution in [2.75, 3.05) is 24.5 Å². The van der Waals surface area contributed by atoms with E-state index >= 15 is 0 Å². The van der Waals surface area contributed by atoms with Gasteiger partial charge in [0, 0.05) is 55.0 Å². The fraction of sp³-hybridized carbons (Fsp3) is 0.318.